The van der Waals surface area contributed by atoms with E-state index in [9.17, 15) is 4.79 Å². The van der Waals surface area contributed by atoms with Crippen molar-refractivity contribution in [2.45, 2.75) is 26.2 Å². The average Bonchev–Trinajstić information content (AvgIpc) is 2.37. The smallest absolute Gasteiger partial charge is 0.224 e. The van der Waals surface area contributed by atoms with E-state index >= 15 is 0 Å². The molecule has 3 nitrogen and oxygen atoms in total. The summed E-state index contributed by atoms with van der Waals surface area (Å²) in [7, 11) is 0. The van der Waals surface area contributed by atoms with Crippen LogP contribution in [0.5, 0.6) is 0 Å². The molecule has 1 atom stereocenters. The van der Waals surface area contributed by atoms with Crippen molar-refractivity contribution in [1.82, 2.24) is 0 Å². The van der Waals surface area contributed by atoms with E-state index in [-0.39, 0.29) is 11.8 Å². The Morgan fingerprint density at radius 2 is 1.90 bits per heavy atom. The molecule has 0 heterocycles. The molecule has 3 N–H and O–H groups in total. The van der Waals surface area contributed by atoms with Gasteiger partial charge in [0.2, 0.25) is 5.91 Å². The molecule has 2 rings (SSSR count). The first-order chi connectivity index (χ1) is 9.94. The maximum Gasteiger partial charge on any atom is 0.224 e. The van der Waals surface area contributed by atoms with Gasteiger partial charge in [0.1, 0.15) is 0 Å². The van der Waals surface area contributed by atoms with Crippen LogP contribution in [0.1, 0.15) is 30.4 Å². The molecule has 4 heteroatoms. The number of benzene rings is 2. The van der Waals surface area contributed by atoms with Crippen molar-refractivity contribution in [2.75, 3.05) is 11.1 Å². The first kappa shape index (κ1) is 15.6. The highest BCUT2D eigenvalue weighted by Gasteiger charge is 2.11. The SMILES string of the molecule is Cc1cc(Br)cc(NC(=O)CC(C)c2ccc(N)cc2)c1. The fourth-order valence-corrected chi connectivity index (χ4v) is 2.85. The van der Waals surface area contributed by atoms with Gasteiger partial charge in [-0.25, -0.2) is 0 Å². The molecule has 1 amide bonds. The van der Waals surface area contributed by atoms with Gasteiger partial charge in [-0.3, -0.25) is 4.79 Å². The fourth-order valence-electron chi connectivity index (χ4n) is 2.24. The van der Waals surface area contributed by atoms with Gasteiger partial charge in [0.05, 0.1) is 0 Å². The zero-order valence-corrected chi connectivity index (χ0v) is 13.8. The number of carbonyl (C=O) groups is 1. The van der Waals surface area contributed by atoms with Gasteiger partial charge in [0, 0.05) is 22.3 Å². The second-order valence-electron chi connectivity index (χ2n) is 5.34. The third kappa shape index (κ3) is 4.60. The topological polar surface area (TPSA) is 55.1 Å². The minimum absolute atomic E-state index is 0.0109. The molecule has 0 fully saturated rings. The minimum Gasteiger partial charge on any atom is -0.399 e. The van der Waals surface area contributed by atoms with E-state index in [1.807, 2.05) is 56.3 Å². The highest BCUT2D eigenvalue weighted by Crippen LogP contribution is 2.22. The summed E-state index contributed by atoms with van der Waals surface area (Å²) in [5.74, 6) is 0.163. The Morgan fingerprint density at radius 3 is 2.52 bits per heavy atom. The maximum absolute atomic E-state index is 12.1. The van der Waals surface area contributed by atoms with Gasteiger partial charge in [-0.1, -0.05) is 35.0 Å². The predicted molar refractivity (Wildman–Crippen MR) is 91.4 cm³/mol. The van der Waals surface area contributed by atoms with Gasteiger partial charge in [-0.15, -0.1) is 0 Å². The lowest BCUT2D eigenvalue weighted by Crippen LogP contribution is -2.14. The van der Waals surface area contributed by atoms with Crippen LogP contribution in [0.3, 0.4) is 0 Å². The highest BCUT2D eigenvalue weighted by atomic mass is 79.9. The molecule has 0 aliphatic carbocycles. The number of nitrogen functional groups attached to an aromatic ring is 1. The lowest BCUT2D eigenvalue weighted by Gasteiger charge is -2.13. The number of amides is 1. The fraction of sp³-hybridized carbons (Fsp3) is 0.235. The van der Waals surface area contributed by atoms with E-state index in [1.165, 1.54) is 0 Å². The molecule has 0 spiro atoms. The molecule has 0 aliphatic rings. The highest BCUT2D eigenvalue weighted by molar-refractivity contribution is 9.10. The summed E-state index contributed by atoms with van der Waals surface area (Å²) in [5, 5.41) is 2.94. The van der Waals surface area contributed by atoms with Crippen molar-refractivity contribution in [2.24, 2.45) is 0 Å². The van der Waals surface area contributed by atoms with Crippen LogP contribution in [0, 0.1) is 6.92 Å². The molecule has 0 aliphatic heterocycles. The van der Waals surface area contributed by atoms with Crippen molar-refractivity contribution in [3.63, 3.8) is 0 Å². The Balaban J connectivity index is 1.99. The first-order valence-corrected chi connectivity index (χ1v) is 7.66. The Bertz CT molecular complexity index is 617. The second kappa shape index (κ2) is 6.76. The van der Waals surface area contributed by atoms with E-state index < -0.39 is 0 Å². The van der Waals surface area contributed by atoms with E-state index in [0.717, 1.165) is 27.0 Å². The third-order valence-electron chi connectivity index (χ3n) is 3.32. The summed E-state index contributed by atoms with van der Waals surface area (Å²) < 4.78 is 0.962. The van der Waals surface area contributed by atoms with Gasteiger partial charge in [-0.2, -0.15) is 0 Å². The Labute approximate surface area is 133 Å². The number of nitrogens with two attached hydrogens (primary N) is 1. The summed E-state index contributed by atoms with van der Waals surface area (Å²) in [6, 6.07) is 13.5. The summed E-state index contributed by atoms with van der Waals surface area (Å²) >= 11 is 3.43. The van der Waals surface area contributed by atoms with Crippen LogP contribution >= 0.6 is 15.9 Å². The molecule has 0 bridgehead atoms. The third-order valence-corrected chi connectivity index (χ3v) is 3.78. The number of hydrogen-bond acceptors (Lipinski definition) is 2. The molecule has 0 saturated carbocycles. The molecule has 0 aromatic heterocycles. The monoisotopic (exact) mass is 346 g/mol. The van der Waals surface area contributed by atoms with Crippen molar-refractivity contribution >= 4 is 33.2 Å². The standard InChI is InChI=1S/C17H19BrN2O/c1-11-7-14(18)10-16(8-11)20-17(21)9-12(2)13-3-5-15(19)6-4-13/h3-8,10,12H,9,19H2,1-2H3,(H,20,21). The van der Waals surface area contributed by atoms with Crippen molar-refractivity contribution in [1.29, 1.82) is 0 Å². The van der Waals surface area contributed by atoms with E-state index in [1.54, 1.807) is 0 Å². The predicted octanol–water partition coefficient (Wildman–Crippen LogP) is 4.47. The van der Waals surface area contributed by atoms with Crippen LogP contribution in [0.25, 0.3) is 0 Å². The van der Waals surface area contributed by atoms with Crippen molar-refractivity contribution in [3.05, 3.63) is 58.1 Å². The van der Waals surface area contributed by atoms with E-state index in [0.29, 0.717) is 6.42 Å². The molecule has 1 unspecified atom stereocenters. The summed E-state index contributed by atoms with van der Waals surface area (Å²) in [6.45, 7) is 4.04. The van der Waals surface area contributed by atoms with E-state index in [4.69, 9.17) is 5.73 Å². The summed E-state index contributed by atoms with van der Waals surface area (Å²) in [5.41, 5.74) is 9.45. The molecule has 2 aromatic rings. The van der Waals surface area contributed by atoms with Crippen molar-refractivity contribution < 1.29 is 4.79 Å². The minimum atomic E-state index is 0.0109. The second-order valence-corrected chi connectivity index (χ2v) is 6.25. The molecule has 110 valence electrons. The lowest BCUT2D eigenvalue weighted by atomic mass is 9.97. The van der Waals surface area contributed by atoms with Gasteiger partial charge < -0.3 is 11.1 Å². The van der Waals surface area contributed by atoms with Crippen LogP contribution in [0.4, 0.5) is 11.4 Å². The Kier molecular flexibility index (Phi) is 5.02. The van der Waals surface area contributed by atoms with E-state index in [2.05, 4.69) is 21.2 Å². The number of anilines is 2. The number of rotatable bonds is 4. The number of nitrogens with one attached hydrogen (secondary N) is 1. The van der Waals surface area contributed by atoms with Crippen molar-refractivity contribution in [3.8, 4) is 0 Å². The number of halogens is 1. The molecular weight excluding hydrogens is 328 g/mol. The molecule has 2 aromatic carbocycles. The van der Waals surface area contributed by atoms with Crippen LogP contribution in [0.2, 0.25) is 0 Å². The van der Waals surface area contributed by atoms with Gasteiger partial charge in [0.25, 0.3) is 0 Å². The largest absolute Gasteiger partial charge is 0.399 e. The molecule has 21 heavy (non-hydrogen) atoms. The van der Waals surface area contributed by atoms with Crippen LogP contribution in [0.15, 0.2) is 46.9 Å². The molecule has 0 saturated heterocycles. The summed E-state index contributed by atoms with van der Waals surface area (Å²) in [4.78, 5) is 12.1. The molecular formula is C17H19BrN2O. The zero-order valence-electron chi connectivity index (χ0n) is 12.2. The van der Waals surface area contributed by atoms with Gasteiger partial charge >= 0.3 is 0 Å². The Hall–Kier alpha value is -1.81. The van der Waals surface area contributed by atoms with Crippen LogP contribution < -0.4 is 11.1 Å². The molecule has 0 radical (unpaired) electrons. The lowest BCUT2D eigenvalue weighted by molar-refractivity contribution is -0.116. The van der Waals surface area contributed by atoms with Gasteiger partial charge in [-0.05, 0) is 54.3 Å². The van der Waals surface area contributed by atoms with Crippen LogP contribution in [-0.2, 0) is 4.79 Å². The number of aryl methyl sites for hydroxylation is 1. The first-order valence-electron chi connectivity index (χ1n) is 6.86. The number of hydrogen-bond donors (Lipinski definition) is 2. The normalized spacial score (nSPS) is 12.0. The van der Waals surface area contributed by atoms with Gasteiger partial charge in [0.15, 0.2) is 0 Å². The van der Waals surface area contributed by atoms with Crippen LogP contribution in [-0.4, -0.2) is 5.91 Å². The maximum atomic E-state index is 12.1. The number of carbonyl (C=O) groups excluding carboxylic acids is 1. The zero-order chi connectivity index (χ0) is 15.4. The average molecular weight is 347 g/mol. The summed E-state index contributed by atoms with van der Waals surface area (Å²) in [6.07, 6.45) is 0.440. The quantitative estimate of drug-likeness (QED) is 0.802. The Morgan fingerprint density at radius 1 is 1.24 bits per heavy atom.